The van der Waals surface area contributed by atoms with E-state index in [1.807, 2.05) is 31.2 Å². The van der Waals surface area contributed by atoms with E-state index in [9.17, 15) is 13.2 Å². The van der Waals surface area contributed by atoms with Gasteiger partial charge in [-0.25, -0.2) is 12.7 Å². The molecule has 0 aliphatic carbocycles. The number of aryl methyl sites for hydroxylation is 1. The molecule has 8 heteroatoms. The maximum Gasteiger partial charge on any atom is 0.228 e. The molecule has 1 unspecified atom stereocenters. The van der Waals surface area contributed by atoms with Crippen LogP contribution >= 0.6 is 11.6 Å². The third kappa shape index (κ3) is 5.29. The smallest absolute Gasteiger partial charge is 0.228 e. The van der Waals surface area contributed by atoms with Gasteiger partial charge in [-0.05, 0) is 49.1 Å². The van der Waals surface area contributed by atoms with E-state index >= 15 is 0 Å². The van der Waals surface area contributed by atoms with Crippen LogP contribution in [0.3, 0.4) is 0 Å². The number of amides is 1. The standard InChI is InChI=1S/C21H25ClN2O4S/c1-15-6-3-4-7-17(15)14-29(26,27)24-11-5-8-16(13-24)21(25)23-18-9-10-20(28-2)19(22)12-18/h3-4,6-7,9-10,12,16H,5,8,11,13-14H2,1-2H3,(H,23,25). The van der Waals surface area contributed by atoms with E-state index in [1.165, 1.54) is 11.4 Å². The molecule has 1 saturated heterocycles. The van der Waals surface area contributed by atoms with Crippen LogP contribution in [0.25, 0.3) is 0 Å². The van der Waals surface area contributed by atoms with Crippen LogP contribution in [0.1, 0.15) is 24.0 Å². The van der Waals surface area contributed by atoms with Gasteiger partial charge >= 0.3 is 0 Å². The van der Waals surface area contributed by atoms with Gasteiger partial charge in [0.15, 0.2) is 0 Å². The summed E-state index contributed by atoms with van der Waals surface area (Å²) in [5.41, 5.74) is 2.28. The summed E-state index contributed by atoms with van der Waals surface area (Å²) in [6.45, 7) is 2.52. The monoisotopic (exact) mass is 436 g/mol. The first-order chi connectivity index (χ1) is 13.8. The van der Waals surface area contributed by atoms with E-state index < -0.39 is 15.9 Å². The van der Waals surface area contributed by atoms with Crippen molar-refractivity contribution in [1.29, 1.82) is 0 Å². The van der Waals surface area contributed by atoms with Crippen molar-refractivity contribution in [1.82, 2.24) is 4.31 Å². The van der Waals surface area contributed by atoms with Gasteiger partial charge in [-0.15, -0.1) is 0 Å². The van der Waals surface area contributed by atoms with E-state index in [4.69, 9.17) is 16.3 Å². The highest BCUT2D eigenvalue weighted by atomic mass is 35.5. The van der Waals surface area contributed by atoms with Crippen molar-refractivity contribution >= 4 is 33.2 Å². The van der Waals surface area contributed by atoms with Gasteiger partial charge in [0.25, 0.3) is 0 Å². The molecule has 0 radical (unpaired) electrons. The number of carbonyl (C=O) groups excluding carboxylic acids is 1. The lowest BCUT2D eigenvalue weighted by molar-refractivity contribution is -0.120. The molecule has 0 bridgehead atoms. The maximum atomic E-state index is 12.9. The first-order valence-corrected chi connectivity index (χ1v) is 11.5. The SMILES string of the molecule is COc1ccc(NC(=O)C2CCCN(S(=O)(=O)Cc3ccccc3C)C2)cc1Cl. The highest BCUT2D eigenvalue weighted by Crippen LogP contribution is 2.28. The predicted molar refractivity (Wildman–Crippen MR) is 115 cm³/mol. The van der Waals surface area contributed by atoms with Crippen LogP contribution in [0.15, 0.2) is 42.5 Å². The normalized spacial score (nSPS) is 17.7. The quantitative estimate of drug-likeness (QED) is 0.746. The van der Waals surface area contributed by atoms with E-state index in [2.05, 4.69) is 5.32 Å². The van der Waals surface area contributed by atoms with Crippen molar-refractivity contribution in [3.8, 4) is 5.75 Å². The first kappa shape index (κ1) is 21.6. The summed E-state index contributed by atoms with van der Waals surface area (Å²) in [4.78, 5) is 12.7. The fraction of sp³-hybridized carbons (Fsp3) is 0.381. The average molecular weight is 437 g/mol. The molecule has 1 aliphatic rings. The number of nitrogens with one attached hydrogen (secondary N) is 1. The number of nitrogens with zero attached hydrogens (tertiary/aromatic N) is 1. The Morgan fingerprint density at radius 2 is 2.03 bits per heavy atom. The van der Waals surface area contributed by atoms with Crippen LogP contribution < -0.4 is 10.1 Å². The minimum atomic E-state index is -3.50. The Balaban J connectivity index is 1.67. The summed E-state index contributed by atoms with van der Waals surface area (Å²) < 4.78 is 32.4. The third-order valence-electron chi connectivity index (χ3n) is 5.17. The zero-order valence-electron chi connectivity index (χ0n) is 16.5. The topological polar surface area (TPSA) is 75.7 Å². The van der Waals surface area contributed by atoms with Crippen LogP contribution in [0, 0.1) is 12.8 Å². The van der Waals surface area contributed by atoms with Gasteiger partial charge in [-0.3, -0.25) is 4.79 Å². The number of benzene rings is 2. The summed E-state index contributed by atoms with van der Waals surface area (Å²) in [6.07, 6.45) is 1.29. The van der Waals surface area contributed by atoms with Crippen molar-refractivity contribution in [2.24, 2.45) is 5.92 Å². The van der Waals surface area contributed by atoms with Crippen LogP contribution in [0.2, 0.25) is 5.02 Å². The van der Waals surface area contributed by atoms with Gasteiger partial charge in [-0.1, -0.05) is 35.9 Å². The van der Waals surface area contributed by atoms with Gasteiger partial charge in [-0.2, -0.15) is 0 Å². The molecule has 1 atom stereocenters. The fourth-order valence-corrected chi connectivity index (χ4v) is 5.43. The number of piperidine rings is 1. The van der Waals surface area contributed by atoms with E-state index in [-0.39, 0.29) is 18.2 Å². The Morgan fingerprint density at radius 3 is 2.72 bits per heavy atom. The minimum Gasteiger partial charge on any atom is -0.495 e. The van der Waals surface area contributed by atoms with E-state index in [1.54, 1.807) is 18.2 Å². The van der Waals surface area contributed by atoms with Crippen molar-refractivity contribution < 1.29 is 17.9 Å². The highest BCUT2D eigenvalue weighted by Gasteiger charge is 2.32. The number of hydrogen-bond donors (Lipinski definition) is 1. The number of rotatable bonds is 6. The lowest BCUT2D eigenvalue weighted by Gasteiger charge is -2.31. The van der Waals surface area contributed by atoms with E-state index in [0.29, 0.717) is 35.8 Å². The molecular formula is C21H25ClN2O4S. The van der Waals surface area contributed by atoms with Crippen LogP contribution in [0.5, 0.6) is 5.75 Å². The minimum absolute atomic E-state index is 0.0535. The maximum absolute atomic E-state index is 12.9. The number of methoxy groups -OCH3 is 1. The molecule has 1 heterocycles. The third-order valence-corrected chi connectivity index (χ3v) is 7.26. The molecule has 156 valence electrons. The molecule has 6 nitrogen and oxygen atoms in total. The molecule has 2 aromatic carbocycles. The number of hydrogen-bond acceptors (Lipinski definition) is 4. The number of carbonyl (C=O) groups is 1. The van der Waals surface area contributed by atoms with Gasteiger partial charge in [0.05, 0.1) is 23.8 Å². The number of halogens is 1. The largest absolute Gasteiger partial charge is 0.495 e. The average Bonchev–Trinajstić information content (AvgIpc) is 2.70. The van der Waals surface area contributed by atoms with Gasteiger partial charge in [0.2, 0.25) is 15.9 Å². The molecule has 1 N–H and O–H groups in total. The summed E-state index contributed by atoms with van der Waals surface area (Å²) in [5.74, 6) is -0.142. The highest BCUT2D eigenvalue weighted by molar-refractivity contribution is 7.88. The Labute approximate surface area is 176 Å². The van der Waals surface area contributed by atoms with Gasteiger partial charge < -0.3 is 10.1 Å². The van der Waals surface area contributed by atoms with Crippen molar-refractivity contribution in [2.45, 2.75) is 25.5 Å². The summed E-state index contributed by atoms with van der Waals surface area (Å²) >= 11 is 6.11. The zero-order chi connectivity index (χ0) is 21.0. The second-order valence-electron chi connectivity index (χ2n) is 7.22. The molecule has 1 fully saturated rings. The number of sulfonamides is 1. The van der Waals surface area contributed by atoms with Crippen molar-refractivity contribution in [3.63, 3.8) is 0 Å². The van der Waals surface area contributed by atoms with Crippen LogP contribution in [-0.4, -0.2) is 38.8 Å². The second-order valence-corrected chi connectivity index (χ2v) is 9.59. The molecule has 0 aromatic heterocycles. The molecule has 1 aliphatic heterocycles. The second kappa shape index (κ2) is 9.15. The summed E-state index contributed by atoms with van der Waals surface area (Å²) in [7, 11) is -1.98. The van der Waals surface area contributed by atoms with Crippen molar-refractivity contribution in [2.75, 3.05) is 25.5 Å². The van der Waals surface area contributed by atoms with Gasteiger partial charge in [0, 0.05) is 18.8 Å². The number of anilines is 1. The van der Waals surface area contributed by atoms with Gasteiger partial charge in [0.1, 0.15) is 5.75 Å². The summed E-state index contributed by atoms with van der Waals surface area (Å²) in [5, 5.41) is 3.23. The zero-order valence-corrected chi connectivity index (χ0v) is 18.1. The summed E-state index contributed by atoms with van der Waals surface area (Å²) in [6, 6.07) is 12.5. The molecule has 29 heavy (non-hydrogen) atoms. The Morgan fingerprint density at radius 1 is 1.28 bits per heavy atom. The van der Waals surface area contributed by atoms with Crippen LogP contribution in [0.4, 0.5) is 5.69 Å². The fourth-order valence-electron chi connectivity index (χ4n) is 3.46. The lowest BCUT2D eigenvalue weighted by Crippen LogP contribution is -2.44. The Bertz CT molecular complexity index is 994. The molecule has 1 amide bonds. The van der Waals surface area contributed by atoms with E-state index in [0.717, 1.165) is 11.1 Å². The Hall–Kier alpha value is -2.09. The van der Waals surface area contributed by atoms with Crippen molar-refractivity contribution in [3.05, 3.63) is 58.6 Å². The first-order valence-electron chi connectivity index (χ1n) is 9.47. The Kier molecular flexibility index (Phi) is 6.82. The van der Waals surface area contributed by atoms with Crippen LogP contribution in [-0.2, 0) is 20.6 Å². The molecule has 2 aromatic rings. The lowest BCUT2D eigenvalue weighted by atomic mass is 9.98. The molecule has 3 rings (SSSR count). The molecular weight excluding hydrogens is 412 g/mol. The number of ether oxygens (including phenoxy) is 1. The predicted octanol–water partition coefficient (Wildman–Crippen LogP) is 3.84. The molecule has 0 spiro atoms. The molecule has 0 saturated carbocycles.